The number of rotatable bonds is 9. The summed E-state index contributed by atoms with van der Waals surface area (Å²) >= 11 is 0. The molecule has 2 aromatic heterocycles. The van der Waals surface area contributed by atoms with Crippen molar-refractivity contribution in [2.24, 2.45) is 0 Å². The maximum absolute atomic E-state index is 13.5. The lowest BCUT2D eigenvalue weighted by Crippen LogP contribution is -2.29. The highest BCUT2D eigenvalue weighted by molar-refractivity contribution is 7.92. The van der Waals surface area contributed by atoms with Gasteiger partial charge in [0.2, 0.25) is 31.7 Å². The number of sulfonamides is 2. The van der Waals surface area contributed by atoms with Crippen LogP contribution >= 0.6 is 0 Å². The molecule has 0 unspecified atom stereocenters. The summed E-state index contributed by atoms with van der Waals surface area (Å²) in [6, 6.07) is 6.84. The van der Waals surface area contributed by atoms with Crippen LogP contribution in [0.5, 0.6) is 0 Å². The summed E-state index contributed by atoms with van der Waals surface area (Å²) in [6.45, 7) is 0. The quantitative estimate of drug-likeness (QED) is 0.416. The van der Waals surface area contributed by atoms with Crippen LogP contribution in [0.2, 0.25) is 0 Å². The molecule has 0 aliphatic rings. The topological polar surface area (TPSA) is 156 Å². The van der Waals surface area contributed by atoms with Crippen molar-refractivity contribution in [3.05, 3.63) is 47.3 Å². The second-order valence-electron chi connectivity index (χ2n) is 8.10. The maximum Gasteiger partial charge on any atom is 0.255 e. The summed E-state index contributed by atoms with van der Waals surface area (Å²) in [5.74, 6) is -1.55. The molecule has 3 aromatic rings. The average molecular weight is 541 g/mol. The van der Waals surface area contributed by atoms with Crippen LogP contribution in [0.4, 0.5) is 10.2 Å². The van der Waals surface area contributed by atoms with Gasteiger partial charge in [0, 0.05) is 26.1 Å². The van der Waals surface area contributed by atoms with E-state index in [0.29, 0.717) is 11.1 Å². The smallest absolute Gasteiger partial charge is 0.255 e. The molecule has 0 saturated carbocycles. The fourth-order valence-electron chi connectivity index (χ4n) is 3.52. The summed E-state index contributed by atoms with van der Waals surface area (Å²) < 4.78 is 69.2. The number of carbonyl (C=O) groups is 2. The van der Waals surface area contributed by atoms with E-state index in [9.17, 15) is 30.8 Å². The molecule has 0 radical (unpaired) electrons. The molecule has 2 heterocycles. The molecule has 0 aliphatic heterocycles. The van der Waals surface area contributed by atoms with Crippen LogP contribution in [0, 0.1) is 5.82 Å². The fraction of sp³-hybridized carbons (Fsp3) is 0.318. The molecule has 3 rings (SSSR count). The van der Waals surface area contributed by atoms with Crippen LogP contribution in [0.3, 0.4) is 0 Å². The molecule has 36 heavy (non-hydrogen) atoms. The summed E-state index contributed by atoms with van der Waals surface area (Å²) in [4.78, 5) is 29.1. The highest BCUT2D eigenvalue weighted by Crippen LogP contribution is 2.36. The standard InChI is InChI=1S/C22H25FN4O7S2/c1-24-21(29)18-16-12-14(6-5-7-17(28)26-35(3,30)31)20(27(2)36(4,32)33)25-22(16)34-19(18)13-8-10-15(23)11-9-13/h8-12H,5-7H2,1-4H3,(H,24,29)(H,26,28). The number of halogens is 1. The van der Waals surface area contributed by atoms with Crippen molar-refractivity contribution in [2.45, 2.75) is 19.3 Å². The zero-order valence-corrected chi connectivity index (χ0v) is 21.6. The molecule has 0 spiro atoms. The van der Waals surface area contributed by atoms with Gasteiger partial charge in [0.1, 0.15) is 17.4 Å². The van der Waals surface area contributed by atoms with Crippen LogP contribution in [0.15, 0.2) is 34.7 Å². The first-order valence-corrected chi connectivity index (χ1v) is 14.3. The number of hydrogen-bond donors (Lipinski definition) is 2. The first kappa shape index (κ1) is 27.1. The predicted octanol–water partition coefficient (Wildman–Crippen LogP) is 1.79. The van der Waals surface area contributed by atoms with Crippen LogP contribution in [0.1, 0.15) is 28.8 Å². The number of amides is 2. The van der Waals surface area contributed by atoms with Crippen molar-refractivity contribution in [1.82, 2.24) is 15.0 Å². The lowest BCUT2D eigenvalue weighted by Gasteiger charge is -2.19. The summed E-state index contributed by atoms with van der Waals surface area (Å²) in [5, 5.41) is 2.81. The van der Waals surface area contributed by atoms with Gasteiger partial charge in [-0.1, -0.05) is 0 Å². The van der Waals surface area contributed by atoms with Gasteiger partial charge in [-0.15, -0.1) is 0 Å². The number of aromatic nitrogens is 1. The Kier molecular flexibility index (Phi) is 7.69. The molecule has 0 bridgehead atoms. The Labute approximate surface area is 207 Å². The number of hydrogen-bond acceptors (Lipinski definition) is 8. The Morgan fingerprint density at radius 1 is 1.11 bits per heavy atom. The van der Waals surface area contributed by atoms with Crippen molar-refractivity contribution in [3.63, 3.8) is 0 Å². The Balaban J connectivity index is 2.14. The van der Waals surface area contributed by atoms with Gasteiger partial charge in [0.05, 0.1) is 23.5 Å². The van der Waals surface area contributed by atoms with E-state index in [4.69, 9.17) is 4.42 Å². The average Bonchev–Trinajstić information content (AvgIpc) is 3.14. The van der Waals surface area contributed by atoms with E-state index in [-0.39, 0.29) is 47.5 Å². The van der Waals surface area contributed by atoms with E-state index in [1.807, 2.05) is 4.72 Å². The van der Waals surface area contributed by atoms with Crippen molar-refractivity contribution in [2.75, 3.05) is 30.9 Å². The van der Waals surface area contributed by atoms with E-state index in [1.54, 1.807) is 6.07 Å². The lowest BCUT2D eigenvalue weighted by molar-refractivity contribution is -0.119. The van der Waals surface area contributed by atoms with Gasteiger partial charge >= 0.3 is 0 Å². The molecule has 14 heteroatoms. The molecule has 0 fully saturated rings. The second-order valence-corrected chi connectivity index (χ2v) is 11.9. The normalized spacial score (nSPS) is 11.9. The van der Waals surface area contributed by atoms with Gasteiger partial charge in [-0.05, 0) is 48.7 Å². The largest absolute Gasteiger partial charge is 0.437 e. The van der Waals surface area contributed by atoms with Gasteiger partial charge in [-0.3, -0.25) is 18.6 Å². The number of nitrogens with zero attached hydrogens (tertiary/aromatic N) is 2. The SMILES string of the molecule is CNC(=O)c1c(-c2ccc(F)cc2)oc2nc(N(C)S(C)(=O)=O)c(CCCC(=O)NS(C)(=O)=O)cc12. The van der Waals surface area contributed by atoms with Crippen LogP contribution in [-0.2, 0) is 31.3 Å². The summed E-state index contributed by atoms with van der Waals surface area (Å²) in [6.07, 6.45) is 2.00. The molecule has 0 atom stereocenters. The molecular formula is C22H25FN4O7S2. The minimum Gasteiger partial charge on any atom is -0.437 e. The Morgan fingerprint density at radius 2 is 1.75 bits per heavy atom. The third-order valence-corrected chi connectivity index (χ3v) is 7.01. The highest BCUT2D eigenvalue weighted by Gasteiger charge is 2.26. The predicted molar refractivity (Wildman–Crippen MR) is 132 cm³/mol. The first-order chi connectivity index (χ1) is 16.7. The van der Waals surface area contributed by atoms with Crippen molar-refractivity contribution in [3.8, 4) is 11.3 Å². The molecule has 2 N–H and O–H groups in total. The zero-order valence-electron chi connectivity index (χ0n) is 20.0. The first-order valence-electron chi connectivity index (χ1n) is 10.6. The molecule has 2 amide bonds. The van der Waals surface area contributed by atoms with E-state index in [1.165, 1.54) is 38.4 Å². The minimum atomic E-state index is -3.74. The molecular weight excluding hydrogens is 515 g/mol. The maximum atomic E-state index is 13.5. The van der Waals surface area contributed by atoms with E-state index >= 15 is 0 Å². The number of fused-ring (bicyclic) bond motifs is 1. The molecule has 0 aliphatic carbocycles. The summed E-state index contributed by atoms with van der Waals surface area (Å²) in [5.41, 5.74) is 0.900. The van der Waals surface area contributed by atoms with Gasteiger partial charge in [-0.2, -0.15) is 4.98 Å². The number of pyridine rings is 1. The zero-order chi connectivity index (χ0) is 26.8. The third-order valence-electron chi connectivity index (χ3n) is 5.24. The van der Waals surface area contributed by atoms with Crippen molar-refractivity contribution in [1.29, 1.82) is 0 Å². The highest BCUT2D eigenvalue weighted by atomic mass is 32.2. The number of carbonyl (C=O) groups excluding carboxylic acids is 2. The minimum absolute atomic E-state index is 0.0167. The Hall–Kier alpha value is -3.52. The third kappa shape index (κ3) is 6.18. The van der Waals surface area contributed by atoms with Crippen molar-refractivity contribution >= 4 is 48.8 Å². The monoisotopic (exact) mass is 540 g/mol. The Bertz CT molecular complexity index is 1530. The number of aryl methyl sites for hydroxylation is 1. The number of anilines is 1. The van der Waals surface area contributed by atoms with E-state index < -0.39 is 37.7 Å². The Morgan fingerprint density at radius 3 is 2.31 bits per heavy atom. The van der Waals surface area contributed by atoms with Crippen molar-refractivity contribution < 1.29 is 35.2 Å². The number of nitrogens with one attached hydrogen (secondary N) is 2. The van der Waals surface area contributed by atoms with Gasteiger partial charge in [-0.25, -0.2) is 21.2 Å². The fourth-order valence-corrected chi connectivity index (χ4v) is 4.51. The molecule has 0 saturated heterocycles. The van der Waals surface area contributed by atoms with Gasteiger partial charge < -0.3 is 9.73 Å². The molecule has 11 nitrogen and oxygen atoms in total. The van der Waals surface area contributed by atoms with Crippen LogP contribution in [0.25, 0.3) is 22.4 Å². The lowest BCUT2D eigenvalue weighted by atomic mass is 10.0. The number of furan rings is 1. The van der Waals surface area contributed by atoms with Gasteiger partial charge in [0.25, 0.3) is 5.91 Å². The van der Waals surface area contributed by atoms with Crippen LogP contribution in [-0.4, -0.2) is 60.2 Å². The summed E-state index contributed by atoms with van der Waals surface area (Å²) in [7, 11) is -4.73. The molecule has 194 valence electrons. The molecule has 1 aromatic carbocycles. The van der Waals surface area contributed by atoms with E-state index in [0.717, 1.165) is 16.8 Å². The van der Waals surface area contributed by atoms with E-state index in [2.05, 4.69) is 10.3 Å². The van der Waals surface area contributed by atoms with Gasteiger partial charge in [0.15, 0.2) is 0 Å². The number of benzene rings is 1. The van der Waals surface area contributed by atoms with Crippen LogP contribution < -0.4 is 14.3 Å². The second kappa shape index (κ2) is 10.2.